The molecule has 2 unspecified atom stereocenters. The van der Waals surface area contributed by atoms with E-state index in [1.54, 1.807) is 0 Å². The van der Waals surface area contributed by atoms with Gasteiger partial charge in [-0.15, -0.1) is 0 Å². The first-order valence-electron chi connectivity index (χ1n) is 36.7. The average Bonchev–Trinajstić information content (AvgIpc) is 3.60. The molecule has 0 fully saturated rings. The molecule has 10 heteroatoms. The SMILES string of the molecule is CC/C=C\C/C=C\C/C=C\C/C=C\C/C=C\C/C=C\C/C=C\C/C=C\C/C=C\C/C=C\CCCCCCCCCCC(=O)OC(COC(=O)CCCCCCCCCCCCCCCCCCCCCCCCCCCC)COP(=O)([O-])OCC[N+](C)(C)C. The van der Waals surface area contributed by atoms with E-state index >= 15 is 0 Å². The van der Waals surface area contributed by atoms with E-state index in [2.05, 4.69) is 135 Å². The first-order chi connectivity index (χ1) is 43.5. The smallest absolute Gasteiger partial charge is 0.306 e. The lowest BCUT2D eigenvalue weighted by Crippen LogP contribution is -2.37. The van der Waals surface area contributed by atoms with Crippen molar-refractivity contribution in [1.29, 1.82) is 0 Å². The van der Waals surface area contributed by atoms with Crippen LogP contribution in [0.2, 0.25) is 0 Å². The summed E-state index contributed by atoms with van der Waals surface area (Å²) in [6.07, 6.45) is 98.6. The Morgan fingerprint density at radius 1 is 0.360 bits per heavy atom. The van der Waals surface area contributed by atoms with Crippen molar-refractivity contribution in [3.63, 3.8) is 0 Å². The fourth-order valence-electron chi connectivity index (χ4n) is 10.2. The number of hydrogen-bond acceptors (Lipinski definition) is 8. The second kappa shape index (κ2) is 68.8. The summed E-state index contributed by atoms with van der Waals surface area (Å²) in [6, 6.07) is 0. The molecule has 0 aromatic heterocycles. The highest BCUT2D eigenvalue weighted by atomic mass is 31.2. The minimum absolute atomic E-state index is 0.0362. The highest BCUT2D eigenvalue weighted by Crippen LogP contribution is 2.38. The van der Waals surface area contributed by atoms with Gasteiger partial charge < -0.3 is 27.9 Å². The number of phosphoric ester groups is 1. The van der Waals surface area contributed by atoms with Crippen LogP contribution in [0, 0.1) is 0 Å². The lowest BCUT2D eigenvalue weighted by Gasteiger charge is -2.28. The molecule has 0 radical (unpaired) electrons. The van der Waals surface area contributed by atoms with Crippen LogP contribution in [0.15, 0.2) is 122 Å². The Balaban J connectivity index is 4.08. The van der Waals surface area contributed by atoms with Gasteiger partial charge >= 0.3 is 11.9 Å². The number of likely N-dealkylation sites (N-methyl/N-ethyl adjacent to an activating group) is 1. The molecule has 512 valence electrons. The van der Waals surface area contributed by atoms with E-state index in [0.29, 0.717) is 17.4 Å². The Bertz CT molecular complexity index is 1920. The summed E-state index contributed by atoms with van der Waals surface area (Å²) in [7, 11) is 1.16. The summed E-state index contributed by atoms with van der Waals surface area (Å²) in [5.41, 5.74) is 0. The molecule has 0 saturated heterocycles. The van der Waals surface area contributed by atoms with Gasteiger partial charge in [-0.25, -0.2) is 0 Å². The monoisotopic (exact) mass is 1260 g/mol. The van der Waals surface area contributed by atoms with E-state index in [9.17, 15) is 19.0 Å². The van der Waals surface area contributed by atoms with Crippen molar-refractivity contribution in [2.45, 2.75) is 322 Å². The van der Waals surface area contributed by atoms with Gasteiger partial charge in [-0.3, -0.25) is 14.2 Å². The van der Waals surface area contributed by atoms with E-state index < -0.39 is 26.5 Å². The second-order valence-corrected chi connectivity index (χ2v) is 27.0. The molecule has 0 aromatic carbocycles. The molecule has 0 N–H and O–H groups in total. The first-order valence-corrected chi connectivity index (χ1v) is 38.2. The van der Waals surface area contributed by atoms with Gasteiger partial charge in [-0.05, 0) is 89.9 Å². The lowest BCUT2D eigenvalue weighted by molar-refractivity contribution is -0.870. The van der Waals surface area contributed by atoms with Crippen LogP contribution >= 0.6 is 7.82 Å². The Kier molecular flexibility index (Phi) is 66.0. The Labute approximate surface area is 549 Å². The van der Waals surface area contributed by atoms with Gasteiger partial charge in [0.15, 0.2) is 6.10 Å². The van der Waals surface area contributed by atoms with Crippen molar-refractivity contribution in [1.82, 2.24) is 0 Å². The standard InChI is InChI=1S/C79H138NO8P/c1-6-8-10-12-14-16-18-20-22-24-26-28-30-32-34-35-36-37-38-39-40-41-42-43-44-45-46-48-50-52-54-56-58-60-62-64-66-68-70-72-79(82)88-77(76-87-89(83,84)86-74-73-80(3,4)5)75-85-78(81)71-69-67-65-63-61-59-57-55-53-51-49-47-33-31-29-27-25-23-21-19-17-15-13-11-9-7-2/h8,10,14,16,20,22,26,28,32,34,36-37,39-40,42-43,45-46,50,52,77H,6-7,9,11-13,15,17-19,21,23-25,27,29-31,33,35,38,41,44,47-49,51,53-76H2,1-5H3/b10-8-,16-14-,22-20-,28-26-,34-32-,37-36-,40-39-,43-42-,46-45-,52-50-. The zero-order valence-corrected chi connectivity index (χ0v) is 59.2. The Morgan fingerprint density at radius 3 is 0.955 bits per heavy atom. The summed E-state index contributed by atoms with van der Waals surface area (Å²) in [5, 5.41) is 0. The number of unbranched alkanes of at least 4 members (excludes halogenated alkanes) is 33. The number of nitrogens with zero attached hydrogens (tertiary/aromatic N) is 1. The van der Waals surface area contributed by atoms with Crippen molar-refractivity contribution in [2.24, 2.45) is 0 Å². The normalized spacial score (nSPS) is 13.8. The largest absolute Gasteiger partial charge is 0.756 e. The van der Waals surface area contributed by atoms with Crippen LogP contribution < -0.4 is 4.89 Å². The van der Waals surface area contributed by atoms with Gasteiger partial charge in [0.2, 0.25) is 0 Å². The predicted octanol–water partition coefficient (Wildman–Crippen LogP) is 23.6. The quantitative estimate of drug-likeness (QED) is 0.0195. The number of carbonyl (C=O) groups is 2. The zero-order valence-electron chi connectivity index (χ0n) is 58.3. The van der Waals surface area contributed by atoms with E-state index in [1.165, 1.54) is 173 Å². The molecule has 0 saturated carbocycles. The number of allylic oxidation sites excluding steroid dienone is 20. The van der Waals surface area contributed by atoms with Crippen LogP contribution in [0.4, 0.5) is 0 Å². The van der Waals surface area contributed by atoms with E-state index in [-0.39, 0.29) is 32.0 Å². The summed E-state index contributed by atoms with van der Waals surface area (Å²) in [4.78, 5) is 38.1. The molecule has 0 aliphatic carbocycles. The van der Waals surface area contributed by atoms with Crippen LogP contribution in [0.1, 0.15) is 316 Å². The molecule has 0 amide bonds. The van der Waals surface area contributed by atoms with Crippen molar-refractivity contribution in [3.05, 3.63) is 122 Å². The van der Waals surface area contributed by atoms with Crippen molar-refractivity contribution in [3.8, 4) is 0 Å². The number of rotatable bonds is 67. The molecule has 89 heavy (non-hydrogen) atoms. The molecule has 0 rings (SSSR count). The van der Waals surface area contributed by atoms with Gasteiger partial charge in [0.25, 0.3) is 7.82 Å². The topological polar surface area (TPSA) is 111 Å². The summed E-state index contributed by atoms with van der Waals surface area (Å²) in [6.45, 7) is 4.15. The predicted molar refractivity (Wildman–Crippen MR) is 383 cm³/mol. The van der Waals surface area contributed by atoms with Crippen LogP contribution in [-0.2, 0) is 32.7 Å². The molecule has 0 aliphatic heterocycles. The van der Waals surface area contributed by atoms with Crippen molar-refractivity contribution < 1.29 is 42.1 Å². The molecular formula is C79H138NO8P. The second-order valence-electron chi connectivity index (χ2n) is 25.6. The molecule has 0 spiro atoms. The molecular weight excluding hydrogens is 1120 g/mol. The van der Waals surface area contributed by atoms with Crippen molar-refractivity contribution in [2.75, 3.05) is 47.5 Å². The highest BCUT2D eigenvalue weighted by Gasteiger charge is 2.22. The third-order valence-corrected chi connectivity index (χ3v) is 16.7. The maximum absolute atomic E-state index is 12.9. The molecule has 0 aliphatic rings. The third kappa shape index (κ3) is 73.3. The van der Waals surface area contributed by atoms with E-state index in [0.717, 1.165) is 109 Å². The van der Waals surface area contributed by atoms with Gasteiger partial charge in [-0.1, -0.05) is 334 Å². The van der Waals surface area contributed by atoms with Gasteiger partial charge in [0, 0.05) is 12.8 Å². The van der Waals surface area contributed by atoms with Gasteiger partial charge in [-0.2, -0.15) is 0 Å². The minimum atomic E-state index is -4.65. The Morgan fingerprint density at radius 2 is 0.640 bits per heavy atom. The lowest BCUT2D eigenvalue weighted by atomic mass is 10.0. The number of carbonyl (C=O) groups excluding carboxylic acids is 2. The number of hydrogen-bond donors (Lipinski definition) is 0. The fraction of sp³-hybridized carbons (Fsp3) is 0.722. The van der Waals surface area contributed by atoms with Gasteiger partial charge in [0.05, 0.1) is 27.7 Å². The third-order valence-electron chi connectivity index (χ3n) is 15.7. The zero-order chi connectivity index (χ0) is 64.8. The Hall–Kier alpha value is -3.59. The van der Waals surface area contributed by atoms with Crippen LogP contribution in [0.5, 0.6) is 0 Å². The van der Waals surface area contributed by atoms with Crippen LogP contribution in [0.25, 0.3) is 0 Å². The minimum Gasteiger partial charge on any atom is -0.756 e. The number of esters is 2. The summed E-state index contributed by atoms with van der Waals surface area (Å²) >= 11 is 0. The first kappa shape index (κ1) is 85.4. The maximum Gasteiger partial charge on any atom is 0.306 e. The number of quaternary nitrogens is 1. The van der Waals surface area contributed by atoms with Crippen LogP contribution in [-0.4, -0.2) is 70.0 Å². The van der Waals surface area contributed by atoms with E-state index in [4.69, 9.17) is 18.5 Å². The molecule has 0 heterocycles. The van der Waals surface area contributed by atoms with Crippen LogP contribution in [0.3, 0.4) is 0 Å². The molecule has 0 bridgehead atoms. The average molecular weight is 1260 g/mol. The van der Waals surface area contributed by atoms with Crippen molar-refractivity contribution >= 4 is 19.8 Å². The summed E-state index contributed by atoms with van der Waals surface area (Å²) < 4.78 is 34.3. The molecule has 9 nitrogen and oxygen atoms in total. The molecule has 2 atom stereocenters. The highest BCUT2D eigenvalue weighted by molar-refractivity contribution is 7.45. The maximum atomic E-state index is 12.9. The number of ether oxygens (including phenoxy) is 2. The summed E-state index contributed by atoms with van der Waals surface area (Å²) in [5.74, 6) is -0.836. The van der Waals surface area contributed by atoms with Gasteiger partial charge in [0.1, 0.15) is 19.8 Å². The number of phosphoric acid groups is 1. The fourth-order valence-corrected chi connectivity index (χ4v) is 10.9. The molecule has 0 aromatic rings. The van der Waals surface area contributed by atoms with E-state index in [1.807, 2.05) is 21.1 Å².